The molecule has 0 amide bonds. The van der Waals surface area contributed by atoms with E-state index in [0.717, 1.165) is 18.5 Å². The molecule has 1 saturated carbocycles. The minimum Gasteiger partial charge on any atom is -0.492 e. The molecule has 0 aromatic heterocycles. The van der Waals surface area contributed by atoms with Crippen LogP contribution in [0.4, 0.5) is 10.1 Å². The van der Waals surface area contributed by atoms with Crippen molar-refractivity contribution in [1.82, 2.24) is 4.90 Å². The lowest BCUT2D eigenvalue weighted by molar-refractivity contribution is 0.0687. The quantitative estimate of drug-likeness (QED) is 0.531. The molecule has 2 aromatic rings. The van der Waals surface area contributed by atoms with E-state index in [4.69, 9.17) is 4.74 Å². The van der Waals surface area contributed by atoms with Crippen molar-refractivity contribution in [3.63, 3.8) is 0 Å². The highest BCUT2D eigenvalue weighted by molar-refractivity contribution is 7.86. The van der Waals surface area contributed by atoms with E-state index in [1.807, 2.05) is 12.1 Å². The van der Waals surface area contributed by atoms with Crippen LogP contribution in [-0.2, 0) is 11.0 Å². The van der Waals surface area contributed by atoms with Gasteiger partial charge in [0, 0.05) is 25.0 Å². The number of aliphatic hydroxyl groups is 1. The summed E-state index contributed by atoms with van der Waals surface area (Å²) in [5.41, 5.74) is 0.811. The fourth-order valence-electron chi connectivity index (χ4n) is 5.11. The lowest BCUT2D eigenvalue weighted by Gasteiger charge is -2.25. The Bertz CT molecular complexity index is 1250. The Hall–Kier alpha value is -2.75. The number of hydrogen-bond donors (Lipinski definition) is 3. The van der Waals surface area contributed by atoms with E-state index in [-0.39, 0.29) is 22.6 Å². The Morgan fingerprint density at radius 1 is 1.34 bits per heavy atom. The molecule has 3 N–H and O–H groups in total. The molecule has 4 atom stereocenters. The SMILES string of the molecule is CC1(O)CCN(CC=Cc2cc(F)ccc2S(=O)Nc2ccc3c(c2C(=O)O)OCC2(C)CC32)C1. The monoisotopic (exact) mass is 500 g/mol. The molecule has 1 aliphatic carbocycles. The van der Waals surface area contributed by atoms with Crippen LogP contribution in [0.5, 0.6) is 5.75 Å². The van der Waals surface area contributed by atoms with Crippen LogP contribution in [0.1, 0.15) is 54.1 Å². The number of hydrogen-bond acceptors (Lipinski definition) is 5. The molecule has 4 unspecified atom stereocenters. The van der Waals surface area contributed by atoms with Crippen molar-refractivity contribution < 1.29 is 28.3 Å². The smallest absolute Gasteiger partial charge is 0.341 e. The van der Waals surface area contributed by atoms with Crippen molar-refractivity contribution in [2.75, 3.05) is 31.0 Å². The van der Waals surface area contributed by atoms with Crippen LogP contribution >= 0.6 is 0 Å². The molecular formula is C26H29FN2O5S. The third-order valence-corrected chi connectivity index (χ3v) is 8.42. The van der Waals surface area contributed by atoms with Gasteiger partial charge in [0.1, 0.15) is 17.1 Å². The predicted octanol–water partition coefficient (Wildman–Crippen LogP) is 4.01. The zero-order valence-electron chi connectivity index (χ0n) is 19.7. The van der Waals surface area contributed by atoms with Crippen molar-refractivity contribution >= 4 is 28.7 Å². The van der Waals surface area contributed by atoms with Crippen molar-refractivity contribution in [3.8, 4) is 5.75 Å². The number of nitrogens with one attached hydrogen (secondary N) is 1. The first kappa shape index (κ1) is 24.0. The Morgan fingerprint density at radius 3 is 2.86 bits per heavy atom. The van der Waals surface area contributed by atoms with Crippen LogP contribution in [0.25, 0.3) is 6.08 Å². The van der Waals surface area contributed by atoms with Gasteiger partial charge in [0.2, 0.25) is 0 Å². The second kappa shape index (κ2) is 8.72. The third-order valence-electron chi connectivity index (χ3n) is 7.24. The number of β-amino-alcohol motifs (C(OH)–C–C–N with tert-alkyl or cyclic N) is 1. The summed E-state index contributed by atoms with van der Waals surface area (Å²) in [6.45, 7) is 6.27. The summed E-state index contributed by atoms with van der Waals surface area (Å²) >= 11 is 0. The Balaban J connectivity index is 1.38. The van der Waals surface area contributed by atoms with Crippen LogP contribution in [-0.4, -0.2) is 57.1 Å². The molecule has 2 fully saturated rings. The van der Waals surface area contributed by atoms with Gasteiger partial charge < -0.3 is 19.7 Å². The molecule has 9 heteroatoms. The van der Waals surface area contributed by atoms with Gasteiger partial charge in [-0.25, -0.2) is 13.4 Å². The Labute approximate surface area is 206 Å². The molecule has 2 aliphatic heterocycles. The number of fused-ring (bicyclic) bond motifs is 3. The van der Waals surface area contributed by atoms with E-state index in [2.05, 4.69) is 16.5 Å². The summed E-state index contributed by atoms with van der Waals surface area (Å²) in [5, 5.41) is 20.0. The molecule has 0 spiro atoms. The van der Waals surface area contributed by atoms with Crippen LogP contribution in [0.15, 0.2) is 41.3 Å². The average Bonchev–Trinajstić information content (AvgIpc) is 3.37. The van der Waals surface area contributed by atoms with Crippen LogP contribution in [0.2, 0.25) is 0 Å². The van der Waals surface area contributed by atoms with Crippen LogP contribution < -0.4 is 9.46 Å². The van der Waals surface area contributed by atoms with Gasteiger partial charge >= 0.3 is 5.97 Å². The number of nitrogens with zero attached hydrogens (tertiary/aromatic N) is 1. The van der Waals surface area contributed by atoms with Gasteiger partial charge in [-0.3, -0.25) is 4.90 Å². The molecule has 2 heterocycles. The summed E-state index contributed by atoms with van der Waals surface area (Å²) in [6, 6.07) is 7.43. The van der Waals surface area contributed by atoms with Crippen LogP contribution in [0, 0.1) is 11.2 Å². The Morgan fingerprint density at radius 2 is 2.14 bits per heavy atom. The van der Waals surface area contributed by atoms with Gasteiger partial charge in [0.25, 0.3) is 0 Å². The topological polar surface area (TPSA) is 99.1 Å². The number of halogens is 1. The fraction of sp³-hybridized carbons (Fsp3) is 0.423. The minimum absolute atomic E-state index is 0.0370. The number of carboxylic acids is 1. The molecule has 5 rings (SSSR count). The molecule has 186 valence electrons. The lowest BCUT2D eigenvalue weighted by atomic mass is 9.95. The largest absolute Gasteiger partial charge is 0.492 e. The maximum absolute atomic E-state index is 14.0. The van der Waals surface area contributed by atoms with Gasteiger partial charge in [0.15, 0.2) is 11.0 Å². The maximum atomic E-state index is 14.0. The zero-order valence-corrected chi connectivity index (χ0v) is 20.5. The summed E-state index contributed by atoms with van der Waals surface area (Å²) < 4.78 is 36.0. The molecule has 1 saturated heterocycles. The van der Waals surface area contributed by atoms with Crippen LogP contribution in [0.3, 0.4) is 0 Å². The summed E-state index contributed by atoms with van der Waals surface area (Å²) in [7, 11) is -1.85. The molecule has 2 aromatic carbocycles. The number of benzene rings is 2. The molecule has 7 nitrogen and oxygen atoms in total. The molecule has 3 aliphatic rings. The fourth-order valence-corrected chi connectivity index (χ4v) is 6.12. The maximum Gasteiger partial charge on any atom is 0.341 e. The first-order chi connectivity index (χ1) is 16.6. The number of anilines is 1. The molecular weight excluding hydrogens is 471 g/mol. The minimum atomic E-state index is -1.85. The Kier molecular flexibility index (Phi) is 5.97. The zero-order chi connectivity index (χ0) is 25.0. The average molecular weight is 501 g/mol. The number of ether oxygens (including phenoxy) is 1. The van der Waals surface area contributed by atoms with Gasteiger partial charge in [0.05, 0.1) is 22.8 Å². The van der Waals surface area contributed by atoms with E-state index in [1.54, 1.807) is 19.1 Å². The van der Waals surface area contributed by atoms with Crippen molar-refractivity contribution in [3.05, 3.63) is 58.9 Å². The van der Waals surface area contributed by atoms with Gasteiger partial charge in [-0.1, -0.05) is 25.1 Å². The van der Waals surface area contributed by atoms with E-state index in [1.165, 1.54) is 18.2 Å². The van der Waals surface area contributed by atoms with Crippen molar-refractivity contribution in [2.24, 2.45) is 5.41 Å². The summed E-state index contributed by atoms with van der Waals surface area (Å²) in [4.78, 5) is 14.6. The number of aromatic carboxylic acids is 1. The lowest BCUT2D eigenvalue weighted by Crippen LogP contribution is -2.29. The third kappa shape index (κ3) is 4.72. The summed E-state index contributed by atoms with van der Waals surface area (Å²) in [6.07, 6.45) is 5.19. The van der Waals surface area contributed by atoms with Gasteiger partial charge in [-0.15, -0.1) is 0 Å². The predicted molar refractivity (Wildman–Crippen MR) is 132 cm³/mol. The van der Waals surface area contributed by atoms with E-state index < -0.39 is 28.4 Å². The molecule has 0 bridgehead atoms. The standard InChI is InChI=1S/C26H29FN2O5S/c1-25-13-19(25)18-6-7-20(22(24(30)31)23(18)34-15-25)28-35(33)21-8-5-17(27)12-16(21)4-3-10-29-11-9-26(2,32)14-29/h3-8,12,19,28,32H,9-11,13-15H2,1-2H3,(H,30,31). The highest BCUT2D eigenvalue weighted by Gasteiger charge is 2.55. The number of likely N-dealkylation sites (tertiary alicyclic amines) is 1. The number of carboxylic acid groups (broad SMARTS) is 1. The normalized spacial score (nSPS) is 28.3. The van der Waals surface area contributed by atoms with E-state index in [9.17, 15) is 23.6 Å². The van der Waals surface area contributed by atoms with Crippen molar-refractivity contribution in [1.29, 1.82) is 0 Å². The molecule has 35 heavy (non-hydrogen) atoms. The van der Waals surface area contributed by atoms with E-state index in [0.29, 0.717) is 42.3 Å². The van der Waals surface area contributed by atoms with E-state index >= 15 is 0 Å². The van der Waals surface area contributed by atoms with Gasteiger partial charge in [-0.2, -0.15) is 0 Å². The second-order valence-corrected chi connectivity index (χ2v) is 11.5. The summed E-state index contributed by atoms with van der Waals surface area (Å²) in [5.74, 6) is -1.01. The second-order valence-electron chi connectivity index (χ2n) is 10.3. The van der Waals surface area contributed by atoms with Gasteiger partial charge in [-0.05, 0) is 61.1 Å². The first-order valence-corrected chi connectivity index (χ1v) is 12.8. The highest BCUT2D eigenvalue weighted by Crippen LogP contribution is 2.64. The number of carbonyl (C=O) groups is 1. The first-order valence-electron chi connectivity index (χ1n) is 11.7. The molecule has 0 radical (unpaired) electrons. The highest BCUT2D eigenvalue weighted by atomic mass is 32.2. The number of rotatable bonds is 7. The van der Waals surface area contributed by atoms with Crippen molar-refractivity contribution in [2.45, 2.75) is 43.1 Å².